The lowest BCUT2D eigenvalue weighted by Gasteiger charge is -2.06. The van der Waals surface area contributed by atoms with E-state index in [2.05, 4.69) is 19.1 Å². The van der Waals surface area contributed by atoms with Crippen molar-refractivity contribution < 1.29 is 4.74 Å². The van der Waals surface area contributed by atoms with Gasteiger partial charge in [0.15, 0.2) is 0 Å². The van der Waals surface area contributed by atoms with Crippen LogP contribution < -0.4 is 10.5 Å². The fourth-order valence-corrected chi connectivity index (χ4v) is 1.65. The van der Waals surface area contributed by atoms with Crippen molar-refractivity contribution in [3.05, 3.63) is 29.8 Å². The number of benzene rings is 1. The highest BCUT2D eigenvalue weighted by molar-refractivity contribution is 5.34. The minimum atomic E-state index is 0.372. The van der Waals surface area contributed by atoms with Crippen molar-refractivity contribution in [2.24, 2.45) is 5.73 Å². The molecule has 2 rings (SSSR count). The summed E-state index contributed by atoms with van der Waals surface area (Å²) >= 11 is 0. The molecule has 0 amide bonds. The van der Waals surface area contributed by atoms with Crippen molar-refractivity contribution in [2.45, 2.75) is 31.7 Å². The fraction of sp³-hybridized carbons (Fsp3) is 0.500. The highest BCUT2D eigenvalue weighted by Gasteiger charge is 2.34. The Hall–Kier alpha value is -1.02. The Morgan fingerprint density at radius 1 is 1.50 bits per heavy atom. The van der Waals surface area contributed by atoms with E-state index >= 15 is 0 Å². The summed E-state index contributed by atoms with van der Waals surface area (Å²) in [5, 5.41) is 0. The summed E-state index contributed by atoms with van der Waals surface area (Å²) < 4.78 is 5.57. The van der Waals surface area contributed by atoms with Gasteiger partial charge in [0.25, 0.3) is 0 Å². The van der Waals surface area contributed by atoms with E-state index in [1.165, 1.54) is 5.56 Å². The molecular formula is C12H17NO. The Morgan fingerprint density at radius 3 is 2.93 bits per heavy atom. The Labute approximate surface area is 85.1 Å². The minimum absolute atomic E-state index is 0.372. The van der Waals surface area contributed by atoms with Crippen molar-refractivity contribution in [1.29, 1.82) is 0 Å². The molecule has 1 aliphatic carbocycles. The van der Waals surface area contributed by atoms with E-state index < -0.39 is 0 Å². The molecular weight excluding hydrogens is 174 g/mol. The number of rotatable bonds is 4. The highest BCUT2D eigenvalue weighted by Crippen LogP contribution is 2.39. The van der Waals surface area contributed by atoms with E-state index in [9.17, 15) is 0 Å². The summed E-state index contributed by atoms with van der Waals surface area (Å²) in [5.41, 5.74) is 7.13. The molecule has 0 aromatic heterocycles. The molecule has 1 aliphatic rings. The first-order valence-electron chi connectivity index (χ1n) is 5.29. The second kappa shape index (κ2) is 4.01. The van der Waals surface area contributed by atoms with Crippen LogP contribution in [-0.4, -0.2) is 12.6 Å². The van der Waals surface area contributed by atoms with Gasteiger partial charge in [-0.3, -0.25) is 0 Å². The molecule has 1 saturated carbocycles. The minimum Gasteiger partial charge on any atom is -0.494 e. The topological polar surface area (TPSA) is 35.2 Å². The van der Waals surface area contributed by atoms with Gasteiger partial charge in [-0.2, -0.15) is 0 Å². The molecule has 0 heterocycles. The van der Waals surface area contributed by atoms with Gasteiger partial charge in [0.05, 0.1) is 6.61 Å². The molecule has 2 unspecified atom stereocenters. The smallest absolute Gasteiger partial charge is 0.119 e. The molecule has 2 nitrogen and oxygen atoms in total. The largest absolute Gasteiger partial charge is 0.494 e. The van der Waals surface area contributed by atoms with Gasteiger partial charge < -0.3 is 10.5 Å². The normalized spacial score (nSPS) is 24.7. The van der Waals surface area contributed by atoms with Gasteiger partial charge in [-0.05, 0) is 30.5 Å². The Balaban J connectivity index is 2.03. The molecule has 14 heavy (non-hydrogen) atoms. The molecule has 2 atom stereocenters. The quantitative estimate of drug-likeness (QED) is 0.792. The first-order chi connectivity index (χ1) is 6.81. The van der Waals surface area contributed by atoms with Crippen LogP contribution in [0.1, 0.15) is 31.2 Å². The maximum atomic E-state index is 5.81. The SMILES string of the molecule is CCCOc1cccc(C2CC2N)c1. The predicted octanol–water partition coefficient (Wildman–Crippen LogP) is 2.29. The van der Waals surface area contributed by atoms with Crippen LogP contribution in [0.2, 0.25) is 0 Å². The molecule has 2 N–H and O–H groups in total. The second-order valence-electron chi connectivity index (χ2n) is 3.93. The maximum Gasteiger partial charge on any atom is 0.119 e. The van der Waals surface area contributed by atoms with Crippen LogP contribution in [0.3, 0.4) is 0 Å². The monoisotopic (exact) mass is 191 g/mol. The fourth-order valence-electron chi connectivity index (χ4n) is 1.65. The van der Waals surface area contributed by atoms with Crippen molar-refractivity contribution in [3.63, 3.8) is 0 Å². The molecule has 0 radical (unpaired) electrons. The van der Waals surface area contributed by atoms with Crippen LogP contribution in [0.25, 0.3) is 0 Å². The van der Waals surface area contributed by atoms with Crippen molar-refractivity contribution in [3.8, 4) is 5.75 Å². The summed E-state index contributed by atoms with van der Waals surface area (Å²) in [5.74, 6) is 1.55. The van der Waals surface area contributed by atoms with Crippen LogP contribution in [0, 0.1) is 0 Å². The zero-order valence-corrected chi connectivity index (χ0v) is 8.57. The Kier molecular flexibility index (Phi) is 2.73. The third-order valence-electron chi connectivity index (χ3n) is 2.60. The van der Waals surface area contributed by atoms with Gasteiger partial charge in [0.2, 0.25) is 0 Å². The molecule has 76 valence electrons. The van der Waals surface area contributed by atoms with E-state index in [-0.39, 0.29) is 0 Å². The Bertz CT molecular complexity index is 311. The van der Waals surface area contributed by atoms with E-state index in [1.54, 1.807) is 0 Å². The molecule has 2 heteroatoms. The van der Waals surface area contributed by atoms with Gasteiger partial charge in [-0.1, -0.05) is 19.1 Å². The third kappa shape index (κ3) is 2.07. The standard InChI is InChI=1S/C12H17NO/c1-2-6-14-10-5-3-4-9(7-10)11-8-12(11)13/h3-5,7,11-12H,2,6,8,13H2,1H3. The lowest BCUT2D eigenvalue weighted by molar-refractivity contribution is 0.317. The van der Waals surface area contributed by atoms with Gasteiger partial charge in [-0.15, -0.1) is 0 Å². The third-order valence-corrected chi connectivity index (χ3v) is 2.60. The molecule has 1 aromatic rings. The molecule has 0 spiro atoms. The van der Waals surface area contributed by atoms with Crippen LogP contribution in [0.15, 0.2) is 24.3 Å². The van der Waals surface area contributed by atoms with Gasteiger partial charge in [0, 0.05) is 12.0 Å². The number of ether oxygens (including phenoxy) is 1. The van der Waals surface area contributed by atoms with E-state index in [1.807, 2.05) is 12.1 Å². The number of hydrogen-bond acceptors (Lipinski definition) is 2. The van der Waals surface area contributed by atoms with Crippen LogP contribution in [-0.2, 0) is 0 Å². The van der Waals surface area contributed by atoms with Crippen LogP contribution >= 0.6 is 0 Å². The summed E-state index contributed by atoms with van der Waals surface area (Å²) in [6.45, 7) is 2.90. The van der Waals surface area contributed by atoms with Crippen molar-refractivity contribution in [2.75, 3.05) is 6.61 Å². The summed E-state index contributed by atoms with van der Waals surface area (Å²) in [6, 6.07) is 8.68. The van der Waals surface area contributed by atoms with Gasteiger partial charge in [-0.25, -0.2) is 0 Å². The predicted molar refractivity (Wildman–Crippen MR) is 57.6 cm³/mol. The maximum absolute atomic E-state index is 5.81. The summed E-state index contributed by atoms with van der Waals surface area (Å²) in [6.07, 6.45) is 2.17. The van der Waals surface area contributed by atoms with Crippen LogP contribution in [0.5, 0.6) is 5.75 Å². The zero-order valence-electron chi connectivity index (χ0n) is 8.57. The van der Waals surface area contributed by atoms with Crippen molar-refractivity contribution >= 4 is 0 Å². The van der Waals surface area contributed by atoms with Gasteiger partial charge in [0.1, 0.15) is 5.75 Å². The second-order valence-corrected chi connectivity index (χ2v) is 3.93. The van der Waals surface area contributed by atoms with Crippen LogP contribution in [0.4, 0.5) is 0 Å². The molecule has 0 aliphatic heterocycles. The van der Waals surface area contributed by atoms with E-state index in [4.69, 9.17) is 10.5 Å². The average Bonchev–Trinajstić information content (AvgIpc) is 2.93. The number of hydrogen-bond donors (Lipinski definition) is 1. The number of nitrogens with two attached hydrogens (primary N) is 1. The molecule has 0 saturated heterocycles. The van der Waals surface area contributed by atoms with Gasteiger partial charge >= 0.3 is 0 Å². The summed E-state index contributed by atoms with van der Waals surface area (Å²) in [4.78, 5) is 0. The summed E-state index contributed by atoms with van der Waals surface area (Å²) in [7, 11) is 0. The van der Waals surface area contributed by atoms with E-state index in [0.717, 1.165) is 25.2 Å². The lowest BCUT2D eigenvalue weighted by atomic mass is 10.1. The zero-order chi connectivity index (χ0) is 9.97. The highest BCUT2D eigenvalue weighted by atomic mass is 16.5. The molecule has 0 bridgehead atoms. The first kappa shape index (κ1) is 9.53. The average molecular weight is 191 g/mol. The van der Waals surface area contributed by atoms with Crippen molar-refractivity contribution in [1.82, 2.24) is 0 Å². The molecule has 1 aromatic carbocycles. The molecule has 1 fully saturated rings. The van der Waals surface area contributed by atoms with E-state index in [0.29, 0.717) is 12.0 Å². The first-order valence-corrected chi connectivity index (χ1v) is 5.29. The Morgan fingerprint density at radius 2 is 2.29 bits per heavy atom. The lowest BCUT2D eigenvalue weighted by Crippen LogP contribution is -2.01.